The maximum atomic E-state index is 12.7. The fourth-order valence-corrected chi connectivity index (χ4v) is 3.33. The van der Waals surface area contributed by atoms with Gasteiger partial charge in [-0.2, -0.15) is 13.2 Å². The number of rotatable bonds is 4. The Morgan fingerprint density at radius 3 is 2.35 bits per heavy atom. The summed E-state index contributed by atoms with van der Waals surface area (Å²) in [6, 6.07) is 3.53. The van der Waals surface area contributed by atoms with Gasteiger partial charge < -0.3 is 10.0 Å². The second kappa shape index (κ2) is 6.60. The standard InChI is InChI=1S/C15H18F3NO3S/c1-10-2-4-12(23-10)11(20)3-5-13(21)19-8-6-14(22,7-9-19)15(16,17)18/h2,4,22H,3,5-9H2,1H3. The first-order valence-corrected chi connectivity index (χ1v) is 8.10. The van der Waals surface area contributed by atoms with Crippen LogP contribution >= 0.6 is 11.3 Å². The van der Waals surface area contributed by atoms with Crippen LogP contribution in [0.1, 0.15) is 40.2 Å². The zero-order valence-electron chi connectivity index (χ0n) is 12.7. The van der Waals surface area contributed by atoms with Gasteiger partial charge >= 0.3 is 6.18 Å². The van der Waals surface area contributed by atoms with Crippen molar-refractivity contribution in [1.82, 2.24) is 4.90 Å². The lowest BCUT2D eigenvalue weighted by Gasteiger charge is -2.39. The second-order valence-corrected chi connectivity index (χ2v) is 7.03. The number of piperidine rings is 1. The van der Waals surface area contributed by atoms with Crippen molar-refractivity contribution in [2.45, 2.75) is 44.4 Å². The monoisotopic (exact) mass is 349 g/mol. The van der Waals surface area contributed by atoms with E-state index in [1.54, 1.807) is 6.07 Å². The third kappa shape index (κ3) is 4.11. The van der Waals surface area contributed by atoms with Gasteiger partial charge in [0, 0.05) is 43.6 Å². The Kier molecular flexibility index (Phi) is 5.15. The van der Waals surface area contributed by atoms with Gasteiger partial charge in [-0.05, 0) is 19.1 Å². The summed E-state index contributed by atoms with van der Waals surface area (Å²) in [6.45, 7) is 1.57. The van der Waals surface area contributed by atoms with Crippen LogP contribution in [0.5, 0.6) is 0 Å². The molecule has 1 aliphatic heterocycles. The zero-order valence-corrected chi connectivity index (χ0v) is 13.5. The zero-order chi connectivity index (χ0) is 17.3. The van der Waals surface area contributed by atoms with Crippen molar-refractivity contribution < 1.29 is 27.9 Å². The van der Waals surface area contributed by atoms with E-state index in [1.165, 1.54) is 16.2 Å². The topological polar surface area (TPSA) is 57.6 Å². The molecule has 0 bridgehead atoms. The number of nitrogens with zero attached hydrogens (tertiary/aromatic N) is 1. The average molecular weight is 349 g/mol. The number of aryl methyl sites for hydroxylation is 1. The van der Waals surface area contributed by atoms with E-state index in [2.05, 4.69) is 0 Å². The molecule has 2 heterocycles. The van der Waals surface area contributed by atoms with E-state index in [4.69, 9.17) is 0 Å². The lowest BCUT2D eigenvalue weighted by molar-refractivity contribution is -0.272. The summed E-state index contributed by atoms with van der Waals surface area (Å²) >= 11 is 1.35. The highest BCUT2D eigenvalue weighted by Crippen LogP contribution is 2.38. The largest absolute Gasteiger partial charge is 0.417 e. The number of halogens is 3. The Morgan fingerprint density at radius 2 is 1.87 bits per heavy atom. The van der Waals surface area contributed by atoms with E-state index in [-0.39, 0.29) is 37.6 Å². The van der Waals surface area contributed by atoms with Gasteiger partial charge in [-0.25, -0.2) is 0 Å². The number of carbonyl (C=O) groups is 2. The quantitative estimate of drug-likeness (QED) is 0.851. The second-order valence-electron chi connectivity index (χ2n) is 5.74. The lowest BCUT2D eigenvalue weighted by atomic mass is 9.90. The first kappa shape index (κ1) is 17.9. The number of ketones is 1. The molecule has 1 amide bonds. The van der Waals surface area contributed by atoms with Crippen LogP contribution in [0.15, 0.2) is 12.1 Å². The number of amides is 1. The number of aliphatic hydroxyl groups is 1. The molecule has 0 spiro atoms. The maximum Gasteiger partial charge on any atom is 0.417 e. The van der Waals surface area contributed by atoms with E-state index in [0.29, 0.717) is 4.88 Å². The molecule has 1 aliphatic rings. The van der Waals surface area contributed by atoms with Crippen LogP contribution in [0.4, 0.5) is 13.2 Å². The van der Waals surface area contributed by atoms with E-state index < -0.39 is 24.6 Å². The average Bonchev–Trinajstić information content (AvgIpc) is 2.90. The Labute approximate surface area is 135 Å². The first-order valence-electron chi connectivity index (χ1n) is 7.29. The molecule has 0 unspecified atom stereocenters. The molecule has 1 fully saturated rings. The van der Waals surface area contributed by atoms with Gasteiger partial charge in [-0.3, -0.25) is 9.59 Å². The molecule has 1 N–H and O–H groups in total. The van der Waals surface area contributed by atoms with Gasteiger partial charge in [0.05, 0.1) is 4.88 Å². The molecular formula is C15H18F3NO3S. The summed E-state index contributed by atoms with van der Waals surface area (Å²) in [5, 5.41) is 9.56. The van der Waals surface area contributed by atoms with Crippen molar-refractivity contribution in [3.8, 4) is 0 Å². The molecule has 1 aromatic rings. The molecule has 23 heavy (non-hydrogen) atoms. The number of Topliss-reactive ketones (excluding diaryl/α,β-unsaturated/α-hetero) is 1. The van der Waals surface area contributed by atoms with Crippen molar-refractivity contribution in [2.75, 3.05) is 13.1 Å². The number of carbonyl (C=O) groups excluding carboxylic acids is 2. The third-order valence-corrected chi connectivity index (χ3v) is 5.09. The smallest absolute Gasteiger partial charge is 0.380 e. The SMILES string of the molecule is Cc1ccc(C(=O)CCC(=O)N2CCC(O)(C(F)(F)F)CC2)s1. The van der Waals surface area contributed by atoms with Crippen LogP contribution in [-0.4, -0.2) is 46.6 Å². The van der Waals surface area contributed by atoms with E-state index >= 15 is 0 Å². The van der Waals surface area contributed by atoms with Crippen LogP contribution in [-0.2, 0) is 4.79 Å². The number of likely N-dealkylation sites (tertiary alicyclic amines) is 1. The molecule has 0 saturated carbocycles. The molecule has 1 aromatic heterocycles. The molecule has 8 heteroatoms. The summed E-state index contributed by atoms with van der Waals surface area (Å²) in [5.74, 6) is -0.490. The minimum absolute atomic E-state index is 0.0276. The van der Waals surface area contributed by atoms with E-state index in [9.17, 15) is 27.9 Å². The highest BCUT2D eigenvalue weighted by molar-refractivity contribution is 7.14. The van der Waals surface area contributed by atoms with Crippen LogP contribution in [0.3, 0.4) is 0 Å². The predicted octanol–water partition coefficient (Wildman–Crippen LogP) is 2.94. The fraction of sp³-hybridized carbons (Fsp3) is 0.600. The minimum Gasteiger partial charge on any atom is -0.380 e. The van der Waals surface area contributed by atoms with Gasteiger partial charge in [-0.1, -0.05) is 0 Å². The fourth-order valence-electron chi connectivity index (χ4n) is 2.50. The lowest BCUT2D eigenvalue weighted by Crippen LogP contribution is -2.54. The van der Waals surface area contributed by atoms with Crippen LogP contribution in [0, 0.1) is 6.92 Å². The number of alkyl halides is 3. The van der Waals surface area contributed by atoms with Gasteiger partial charge in [0.15, 0.2) is 11.4 Å². The van der Waals surface area contributed by atoms with Crippen LogP contribution < -0.4 is 0 Å². The molecule has 0 aliphatic carbocycles. The van der Waals surface area contributed by atoms with Crippen molar-refractivity contribution in [3.63, 3.8) is 0 Å². The minimum atomic E-state index is -4.69. The van der Waals surface area contributed by atoms with E-state index in [0.717, 1.165) is 4.88 Å². The van der Waals surface area contributed by atoms with Crippen molar-refractivity contribution in [2.24, 2.45) is 0 Å². The van der Waals surface area contributed by atoms with Crippen molar-refractivity contribution >= 4 is 23.0 Å². The normalized spacial score (nSPS) is 18.0. The summed E-state index contributed by atoms with van der Waals surface area (Å²) in [7, 11) is 0. The highest BCUT2D eigenvalue weighted by atomic mass is 32.1. The number of hydrogen-bond donors (Lipinski definition) is 1. The van der Waals surface area contributed by atoms with Crippen LogP contribution in [0.2, 0.25) is 0 Å². The molecule has 128 valence electrons. The van der Waals surface area contributed by atoms with Gasteiger partial charge in [-0.15, -0.1) is 11.3 Å². The predicted molar refractivity (Wildman–Crippen MR) is 79.4 cm³/mol. The summed E-state index contributed by atoms with van der Waals surface area (Å²) in [4.78, 5) is 26.8. The third-order valence-electron chi connectivity index (χ3n) is 4.05. The Morgan fingerprint density at radius 1 is 1.26 bits per heavy atom. The molecule has 0 atom stereocenters. The molecule has 4 nitrogen and oxygen atoms in total. The van der Waals surface area contributed by atoms with Crippen molar-refractivity contribution in [1.29, 1.82) is 0 Å². The molecule has 0 radical (unpaired) electrons. The maximum absolute atomic E-state index is 12.7. The molecule has 2 rings (SSSR count). The molecule has 1 saturated heterocycles. The Hall–Kier alpha value is -1.41. The summed E-state index contributed by atoms with van der Waals surface area (Å²) < 4.78 is 38.1. The highest BCUT2D eigenvalue weighted by Gasteiger charge is 2.54. The van der Waals surface area contributed by atoms with Gasteiger partial charge in [0.1, 0.15) is 0 Å². The number of thiophene rings is 1. The summed E-state index contributed by atoms with van der Waals surface area (Å²) in [6.07, 6.45) is -5.73. The Balaban J connectivity index is 1.83. The Bertz CT molecular complexity index is 589. The van der Waals surface area contributed by atoms with Crippen molar-refractivity contribution in [3.05, 3.63) is 21.9 Å². The van der Waals surface area contributed by atoms with Gasteiger partial charge in [0.2, 0.25) is 5.91 Å². The molecule has 0 aromatic carbocycles. The van der Waals surface area contributed by atoms with E-state index in [1.807, 2.05) is 13.0 Å². The van der Waals surface area contributed by atoms with Crippen LogP contribution in [0.25, 0.3) is 0 Å². The molecular weight excluding hydrogens is 331 g/mol. The first-order chi connectivity index (χ1) is 10.6. The van der Waals surface area contributed by atoms with Gasteiger partial charge in [0.25, 0.3) is 0 Å². The summed E-state index contributed by atoms with van der Waals surface area (Å²) in [5.41, 5.74) is -2.71. The number of hydrogen-bond acceptors (Lipinski definition) is 4.